The van der Waals surface area contributed by atoms with Crippen LogP contribution in [0.1, 0.15) is 85.1 Å². The van der Waals surface area contributed by atoms with E-state index in [9.17, 15) is 19.6 Å². The Morgan fingerprint density at radius 2 is 1.25 bits per heavy atom. The highest BCUT2D eigenvalue weighted by molar-refractivity contribution is 5.77. The number of carbonyl (C=O) groups excluding carboxylic acids is 3. The van der Waals surface area contributed by atoms with Gasteiger partial charge in [-0.25, -0.2) is 0 Å². The van der Waals surface area contributed by atoms with Crippen molar-refractivity contribution in [3.8, 4) is 6.07 Å². The van der Waals surface area contributed by atoms with Crippen molar-refractivity contribution in [2.75, 3.05) is 6.61 Å². The Kier molecular flexibility index (Phi) is 11.0. The second kappa shape index (κ2) is 13.9. The van der Waals surface area contributed by atoms with Gasteiger partial charge in [0, 0.05) is 0 Å². The first-order valence-corrected chi connectivity index (χ1v) is 14.8. The van der Waals surface area contributed by atoms with Gasteiger partial charge in [0.1, 0.15) is 24.9 Å². The SMILES string of the molecule is CC(C)(C)C(=O)OC[C@H]1O[C@@H](c2ccc(C#N)cc2)[C@H](OCc2ccccc2)[C@@H](OC(=O)C(C)(C)C)[C@@H]1OC(=O)C(C)(C)C. The van der Waals surface area contributed by atoms with E-state index in [0.29, 0.717) is 11.1 Å². The molecule has 1 saturated heterocycles. The summed E-state index contributed by atoms with van der Waals surface area (Å²) in [6.07, 6.45) is -5.10. The van der Waals surface area contributed by atoms with E-state index in [1.807, 2.05) is 30.3 Å². The summed E-state index contributed by atoms with van der Waals surface area (Å²) in [6.45, 7) is 15.4. The van der Waals surface area contributed by atoms with E-state index >= 15 is 0 Å². The van der Waals surface area contributed by atoms with Crippen molar-refractivity contribution in [3.05, 3.63) is 71.3 Å². The van der Waals surface area contributed by atoms with E-state index in [4.69, 9.17) is 23.7 Å². The predicted octanol–water partition coefficient (Wildman–Crippen LogP) is 6.09. The van der Waals surface area contributed by atoms with Crippen LogP contribution in [0.25, 0.3) is 0 Å². The van der Waals surface area contributed by atoms with E-state index in [0.717, 1.165) is 5.56 Å². The maximum Gasteiger partial charge on any atom is 0.311 e. The first-order chi connectivity index (χ1) is 20.4. The Labute approximate surface area is 260 Å². The average Bonchev–Trinajstić information content (AvgIpc) is 2.95. The molecule has 238 valence electrons. The second-order valence-corrected chi connectivity index (χ2v) is 14.2. The van der Waals surface area contributed by atoms with Gasteiger partial charge in [-0.3, -0.25) is 14.4 Å². The van der Waals surface area contributed by atoms with E-state index in [2.05, 4.69) is 6.07 Å². The number of hydrogen-bond donors (Lipinski definition) is 0. The van der Waals surface area contributed by atoms with Gasteiger partial charge < -0.3 is 23.7 Å². The molecule has 0 spiro atoms. The van der Waals surface area contributed by atoms with Crippen LogP contribution in [0.2, 0.25) is 0 Å². The van der Waals surface area contributed by atoms with Gasteiger partial charge in [-0.15, -0.1) is 0 Å². The first kappa shape index (κ1) is 34.7. The molecular weight excluding hydrogens is 562 g/mol. The zero-order valence-corrected chi connectivity index (χ0v) is 27.2. The largest absolute Gasteiger partial charge is 0.462 e. The zero-order chi connectivity index (χ0) is 32.9. The molecule has 9 nitrogen and oxygen atoms in total. The van der Waals surface area contributed by atoms with Crippen molar-refractivity contribution in [2.45, 2.75) is 99.4 Å². The molecule has 1 aliphatic rings. The van der Waals surface area contributed by atoms with Crippen LogP contribution in [0.4, 0.5) is 0 Å². The fourth-order valence-electron chi connectivity index (χ4n) is 4.26. The van der Waals surface area contributed by atoms with Crippen molar-refractivity contribution in [2.24, 2.45) is 16.2 Å². The molecule has 0 aromatic heterocycles. The first-order valence-electron chi connectivity index (χ1n) is 14.8. The number of nitriles is 1. The van der Waals surface area contributed by atoms with E-state index in [1.54, 1.807) is 86.6 Å². The molecule has 0 unspecified atom stereocenters. The molecule has 1 fully saturated rings. The molecule has 0 N–H and O–H groups in total. The van der Waals surface area contributed by atoms with Crippen LogP contribution in [-0.2, 0) is 44.7 Å². The molecule has 5 atom stereocenters. The Morgan fingerprint density at radius 1 is 0.727 bits per heavy atom. The molecule has 3 rings (SSSR count). The molecular formula is C35H45NO8. The van der Waals surface area contributed by atoms with Gasteiger partial charge >= 0.3 is 17.9 Å². The van der Waals surface area contributed by atoms with Gasteiger partial charge in [0.15, 0.2) is 12.2 Å². The Bertz CT molecular complexity index is 1330. The number of rotatable bonds is 8. The summed E-state index contributed by atoms with van der Waals surface area (Å²) in [5.74, 6) is -1.55. The maximum absolute atomic E-state index is 13.4. The summed E-state index contributed by atoms with van der Waals surface area (Å²) in [7, 11) is 0. The fraction of sp³-hybridized carbons (Fsp3) is 0.543. The van der Waals surface area contributed by atoms with Crippen LogP contribution < -0.4 is 0 Å². The zero-order valence-electron chi connectivity index (χ0n) is 27.2. The van der Waals surface area contributed by atoms with Crippen LogP contribution >= 0.6 is 0 Å². The molecule has 0 bridgehead atoms. The van der Waals surface area contributed by atoms with Gasteiger partial charge in [0.2, 0.25) is 0 Å². The number of ether oxygens (including phenoxy) is 5. The molecule has 0 radical (unpaired) electrons. The van der Waals surface area contributed by atoms with Crippen LogP contribution in [0.5, 0.6) is 0 Å². The highest BCUT2D eigenvalue weighted by Gasteiger charge is 2.53. The van der Waals surface area contributed by atoms with Crippen molar-refractivity contribution in [1.29, 1.82) is 5.26 Å². The van der Waals surface area contributed by atoms with E-state index in [1.165, 1.54) is 0 Å². The minimum Gasteiger partial charge on any atom is -0.462 e. The number of esters is 3. The summed E-state index contributed by atoms with van der Waals surface area (Å²) < 4.78 is 31.0. The lowest BCUT2D eigenvalue weighted by molar-refractivity contribution is -0.265. The van der Waals surface area contributed by atoms with Gasteiger partial charge in [-0.2, -0.15) is 5.26 Å². The van der Waals surface area contributed by atoms with Gasteiger partial charge in [-0.1, -0.05) is 42.5 Å². The van der Waals surface area contributed by atoms with Gasteiger partial charge in [0.05, 0.1) is 34.5 Å². The number of nitrogens with zero attached hydrogens (tertiary/aromatic N) is 1. The highest BCUT2D eigenvalue weighted by atomic mass is 16.6. The number of hydrogen-bond acceptors (Lipinski definition) is 9. The van der Waals surface area contributed by atoms with Crippen molar-refractivity contribution in [3.63, 3.8) is 0 Å². The van der Waals surface area contributed by atoms with Crippen LogP contribution in [0.3, 0.4) is 0 Å². The maximum atomic E-state index is 13.4. The standard InChI is InChI=1S/C35H45NO8/c1-33(2,3)30(37)41-21-25-27(43-31(38)34(4,5)6)29(44-32(39)35(7,8)9)28(40-20-23-13-11-10-12-14-23)26(42-25)24-17-15-22(19-36)16-18-24/h10-18,25-29H,20-21H2,1-9H3/t25-,26+,27-,28+,29+/m1/s1. The number of benzene rings is 2. The van der Waals surface area contributed by atoms with Crippen LogP contribution in [0, 0.1) is 27.6 Å². The molecule has 0 amide bonds. The normalized spacial score (nSPS) is 22.4. The highest BCUT2D eigenvalue weighted by Crippen LogP contribution is 2.39. The van der Waals surface area contributed by atoms with Crippen molar-refractivity contribution < 1.29 is 38.1 Å². The molecule has 0 aliphatic carbocycles. The Hall–Kier alpha value is -3.74. The number of carbonyl (C=O) groups is 3. The molecule has 1 heterocycles. The molecule has 1 aliphatic heterocycles. The molecule has 0 saturated carbocycles. The minimum atomic E-state index is -1.17. The molecule has 2 aromatic rings. The average molecular weight is 608 g/mol. The smallest absolute Gasteiger partial charge is 0.311 e. The Morgan fingerprint density at radius 3 is 1.75 bits per heavy atom. The summed E-state index contributed by atoms with van der Waals surface area (Å²) in [4.78, 5) is 39.6. The van der Waals surface area contributed by atoms with Crippen LogP contribution in [-0.4, -0.2) is 48.9 Å². The fourth-order valence-corrected chi connectivity index (χ4v) is 4.26. The summed E-state index contributed by atoms with van der Waals surface area (Å²) in [5.41, 5.74) is -0.606. The topological polar surface area (TPSA) is 121 Å². The van der Waals surface area contributed by atoms with Gasteiger partial charge in [-0.05, 0) is 85.6 Å². The van der Waals surface area contributed by atoms with E-state index < -0.39 is 64.7 Å². The quantitative estimate of drug-likeness (QED) is 0.259. The lowest BCUT2D eigenvalue weighted by Gasteiger charge is -2.46. The molecule has 2 aromatic carbocycles. The van der Waals surface area contributed by atoms with E-state index in [-0.39, 0.29) is 13.2 Å². The summed E-state index contributed by atoms with van der Waals surface area (Å²) in [5, 5.41) is 9.37. The van der Waals surface area contributed by atoms with Crippen molar-refractivity contribution in [1.82, 2.24) is 0 Å². The lowest BCUT2D eigenvalue weighted by atomic mass is 9.89. The predicted molar refractivity (Wildman–Crippen MR) is 163 cm³/mol. The Balaban J connectivity index is 2.15. The molecule has 9 heteroatoms. The van der Waals surface area contributed by atoms with Gasteiger partial charge in [0.25, 0.3) is 0 Å². The summed E-state index contributed by atoms with van der Waals surface area (Å²) >= 11 is 0. The minimum absolute atomic E-state index is 0.148. The third kappa shape index (κ3) is 9.13. The van der Waals surface area contributed by atoms with Crippen LogP contribution in [0.15, 0.2) is 54.6 Å². The third-order valence-corrected chi connectivity index (χ3v) is 6.99. The monoisotopic (exact) mass is 607 g/mol. The summed E-state index contributed by atoms with van der Waals surface area (Å²) in [6, 6.07) is 18.4. The lowest BCUT2D eigenvalue weighted by Crippen LogP contribution is -2.60. The second-order valence-electron chi connectivity index (χ2n) is 14.2. The van der Waals surface area contributed by atoms with Crippen molar-refractivity contribution >= 4 is 17.9 Å². The third-order valence-electron chi connectivity index (χ3n) is 6.99. The molecule has 44 heavy (non-hydrogen) atoms.